The maximum atomic E-state index is 5.47. The number of aryl methyl sites for hydroxylation is 1. The number of benzene rings is 1. The van der Waals surface area contributed by atoms with Crippen molar-refractivity contribution < 1.29 is 4.74 Å². The number of rotatable bonds is 5. The Kier molecular flexibility index (Phi) is 5.21. The molecule has 1 aromatic rings. The van der Waals surface area contributed by atoms with Gasteiger partial charge in [0.2, 0.25) is 0 Å². The van der Waals surface area contributed by atoms with E-state index in [1.54, 1.807) is 7.11 Å². The molecule has 0 bridgehead atoms. The smallest absolute Gasteiger partial charge is 0.122 e. The minimum Gasteiger partial charge on any atom is -0.496 e. The van der Waals surface area contributed by atoms with Crippen molar-refractivity contribution in [2.45, 2.75) is 34.1 Å². The van der Waals surface area contributed by atoms with Crippen molar-refractivity contribution in [3.8, 4) is 5.75 Å². The highest BCUT2D eigenvalue weighted by molar-refractivity contribution is 5.37. The van der Waals surface area contributed by atoms with Gasteiger partial charge in [-0.15, -0.1) is 0 Å². The quantitative estimate of drug-likeness (QED) is 0.863. The molecule has 0 aromatic heterocycles. The van der Waals surface area contributed by atoms with Gasteiger partial charge in [0, 0.05) is 0 Å². The molecule has 0 amide bonds. The van der Waals surface area contributed by atoms with Crippen LogP contribution in [-0.2, 0) is 6.42 Å². The topological polar surface area (TPSA) is 21.3 Å². The highest BCUT2D eigenvalue weighted by Gasteiger charge is 2.25. The summed E-state index contributed by atoms with van der Waals surface area (Å²) in [6.45, 7) is 10.1. The minimum absolute atomic E-state index is 0.289. The number of methoxy groups -OCH3 is 1. The summed E-state index contributed by atoms with van der Waals surface area (Å²) in [4.78, 5) is 0. The molecule has 102 valence electrons. The van der Waals surface area contributed by atoms with Crippen LogP contribution in [0.3, 0.4) is 0 Å². The lowest BCUT2D eigenvalue weighted by atomic mass is 9.77. The van der Waals surface area contributed by atoms with Crippen LogP contribution in [0.25, 0.3) is 0 Å². The predicted octanol–water partition coefficient (Wildman–Crippen LogP) is 3.43. The molecular weight excluding hydrogens is 222 g/mol. The van der Waals surface area contributed by atoms with Crippen LogP contribution in [0.5, 0.6) is 5.75 Å². The van der Waals surface area contributed by atoms with E-state index in [2.05, 4.69) is 51.2 Å². The first kappa shape index (κ1) is 15.0. The normalized spacial score (nSPS) is 13.4. The lowest BCUT2D eigenvalue weighted by Crippen LogP contribution is -2.31. The molecule has 2 heteroatoms. The average molecular weight is 249 g/mol. The first-order valence-corrected chi connectivity index (χ1v) is 6.66. The second-order valence-electron chi connectivity index (χ2n) is 6.14. The lowest BCUT2D eigenvalue weighted by Gasteiger charge is -2.31. The third kappa shape index (κ3) is 4.02. The first-order chi connectivity index (χ1) is 8.38. The van der Waals surface area contributed by atoms with E-state index >= 15 is 0 Å². The summed E-state index contributed by atoms with van der Waals surface area (Å²) >= 11 is 0. The molecule has 0 saturated carbocycles. The predicted molar refractivity (Wildman–Crippen MR) is 78.3 cm³/mol. The van der Waals surface area contributed by atoms with Gasteiger partial charge in [0.15, 0.2) is 0 Å². The van der Waals surface area contributed by atoms with Gasteiger partial charge in [0.1, 0.15) is 5.75 Å². The van der Waals surface area contributed by atoms with Gasteiger partial charge in [0.25, 0.3) is 0 Å². The van der Waals surface area contributed by atoms with E-state index in [9.17, 15) is 0 Å². The van der Waals surface area contributed by atoms with Crippen molar-refractivity contribution >= 4 is 0 Å². The van der Waals surface area contributed by atoms with Crippen LogP contribution in [0, 0.1) is 18.3 Å². The molecule has 0 heterocycles. The number of ether oxygens (including phenoxy) is 1. The maximum Gasteiger partial charge on any atom is 0.122 e. The summed E-state index contributed by atoms with van der Waals surface area (Å²) in [5.41, 5.74) is 2.90. The zero-order valence-corrected chi connectivity index (χ0v) is 12.6. The molecule has 0 aliphatic carbocycles. The van der Waals surface area contributed by atoms with E-state index in [0.717, 1.165) is 18.7 Å². The van der Waals surface area contributed by atoms with Crippen LogP contribution in [-0.4, -0.2) is 20.7 Å². The van der Waals surface area contributed by atoms with Crippen LogP contribution in [0.1, 0.15) is 31.9 Å². The third-order valence-electron chi connectivity index (χ3n) is 3.58. The second kappa shape index (κ2) is 6.24. The van der Waals surface area contributed by atoms with Gasteiger partial charge in [0.05, 0.1) is 7.11 Å². The molecule has 0 aliphatic heterocycles. The van der Waals surface area contributed by atoms with Crippen molar-refractivity contribution in [3.63, 3.8) is 0 Å². The lowest BCUT2D eigenvalue weighted by molar-refractivity contribution is 0.233. The summed E-state index contributed by atoms with van der Waals surface area (Å²) in [5, 5.41) is 3.31. The van der Waals surface area contributed by atoms with E-state index in [-0.39, 0.29) is 5.41 Å². The zero-order valence-electron chi connectivity index (χ0n) is 12.6. The van der Waals surface area contributed by atoms with Gasteiger partial charge >= 0.3 is 0 Å². The number of hydrogen-bond acceptors (Lipinski definition) is 2. The number of nitrogens with one attached hydrogen (secondary N) is 1. The van der Waals surface area contributed by atoms with Gasteiger partial charge in [-0.1, -0.05) is 38.5 Å². The second-order valence-corrected chi connectivity index (χ2v) is 6.14. The molecule has 0 fully saturated rings. The standard InChI is InChI=1S/C16H27NO/c1-12-7-8-15(18-6)13(9-12)10-14(11-17-5)16(2,3)4/h7-9,14,17H,10-11H2,1-6H3. The fourth-order valence-corrected chi connectivity index (χ4v) is 2.26. The third-order valence-corrected chi connectivity index (χ3v) is 3.58. The molecule has 1 aromatic carbocycles. The van der Waals surface area contributed by atoms with Crippen molar-refractivity contribution in [2.75, 3.05) is 20.7 Å². The molecule has 1 rings (SSSR count). The van der Waals surface area contributed by atoms with Crippen LogP contribution in [0.15, 0.2) is 18.2 Å². The van der Waals surface area contributed by atoms with E-state index in [0.29, 0.717) is 5.92 Å². The Morgan fingerprint density at radius 3 is 2.44 bits per heavy atom. The van der Waals surface area contributed by atoms with Crippen LogP contribution in [0.4, 0.5) is 0 Å². The van der Waals surface area contributed by atoms with Gasteiger partial charge in [-0.25, -0.2) is 0 Å². The molecule has 1 unspecified atom stereocenters. The first-order valence-electron chi connectivity index (χ1n) is 6.66. The summed E-state index contributed by atoms with van der Waals surface area (Å²) in [7, 11) is 3.77. The molecule has 1 N–H and O–H groups in total. The monoisotopic (exact) mass is 249 g/mol. The van der Waals surface area contributed by atoms with E-state index in [1.807, 2.05) is 7.05 Å². The Labute approximate surface area is 112 Å². The number of hydrogen-bond donors (Lipinski definition) is 1. The van der Waals surface area contributed by atoms with Gasteiger partial charge in [-0.3, -0.25) is 0 Å². The molecule has 0 radical (unpaired) electrons. The molecule has 18 heavy (non-hydrogen) atoms. The van der Waals surface area contributed by atoms with Gasteiger partial charge in [-0.2, -0.15) is 0 Å². The van der Waals surface area contributed by atoms with Crippen molar-refractivity contribution in [2.24, 2.45) is 11.3 Å². The molecule has 2 nitrogen and oxygen atoms in total. The zero-order chi connectivity index (χ0) is 13.8. The van der Waals surface area contributed by atoms with Crippen molar-refractivity contribution in [3.05, 3.63) is 29.3 Å². The van der Waals surface area contributed by atoms with E-state index < -0.39 is 0 Å². The highest BCUT2D eigenvalue weighted by Crippen LogP contribution is 2.31. The minimum atomic E-state index is 0.289. The van der Waals surface area contributed by atoms with E-state index in [1.165, 1.54) is 11.1 Å². The summed E-state index contributed by atoms with van der Waals surface area (Å²) < 4.78 is 5.47. The Morgan fingerprint density at radius 1 is 1.28 bits per heavy atom. The van der Waals surface area contributed by atoms with Gasteiger partial charge < -0.3 is 10.1 Å². The Balaban J connectivity index is 2.96. The molecule has 1 atom stereocenters. The summed E-state index contributed by atoms with van der Waals surface area (Å²) in [6, 6.07) is 6.42. The highest BCUT2D eigenvalue weighted by atomic mass is 16.5. The molecule has 0 spiro atoms. The van der Waals surface area contributed by atoms with Crippen LogP contribution >= 0.6 is 0 Å². The Bertz CT molecular complexity index is 379. The fraction of sp³-hybridized carbons (Fsp3) is 0.625. The summed E-state index contributed by atoms with van der Waals surface area (Å²) in [6.07, 6.45) is 1.05. The SMILES string of the molecule is CNCC(Cc1cc(C)ccc1OC)C(C)(C)C. The summed E-state index contributed by atoms with van der Waals surface area (Å²) in [5.74, 6) is 1.60. The van der Waals surface area contributed by atoms with Gasteiger partial charge in [-0.05, 0) is 49.9 Å². The van der Waals surface area contributed by atoms with Crippen molar-refractivity contribution in [1.29, 1.82) is 0 Å². The molecule has 0 aliphatic rings. The Morgan fingerprint density at radius 2 is 1.94 bits per heavy atom. The van der Waals surface area contributed by atoms with Crippen molar-refractivity contribution in [1.82, 2.24) is 5.32 Å². The van der Waals surface area contributed by atoms with Crippen LogP contribution in [0.2, 0.25) is 0 Å². The van der Waals surface area contributed by atoms with Crippen LogP contribution < -0.4 is 10.1 Å². The molecule has 0 saturated heterocycles. The maximum absolute atomic E-state index is 5.47. The largest absolute Gasteiger partial charge is 0.496 e. The molecular formula is C16H27NO. The Hall–Kier alpha value is -1.02. The fourth-order valence-electron chi connectivity index (χ4n) is 2.26. The average Bonchev–Trinajstić information content (AvgIpc) is 2.27. The van der Waals surface area contributed by atoms with E-state index in [4.69, 9.17) is 4.74 Å².